The summed E-state index contributed by atoms with van der Waals surface area (Å²) in [6.45, 7) is 0.567. The fraction of sp³-hybridized carbons (Fsp3) is 0.250. The molecular weight excluding hydrogens is 252 g/mol. The van der Waals surface area contributed by atoms with Gasteiger partial charge in [-0.3, -0.25) is 4.99 Å². The molecule has 1 heterocycles. The van der Waals surface area contributed by atoms with Crippen molar-refractivity contribution in [3.05, 3.63) is 48.1 Å². The number of ether oxygens (including phenoxy) is 2. The van der Waals surface area contributed by atoms with Crippen molar-refractivity contribution in [3.8, 4) is 17.6 Å². The maximum absolute atomic E-state index is 8.80. The molecule has 0 spiro atoms. The maximum atomic E-state index is 8.80. The molecule has 1 aliphatic rings. The van der Waals surface area contributed by atoms with E-state index in [9.17, 15) is 0 Å². The zero-order chi connectivity index (χ0) is 14.4. The van der Waals surface area contributed by atoms with Gasteiger partial charge in [0.2, 0.25) is 0 Å². The number of benzene rings is 1. The van der Waals surface area contributed by atoms with Gasteiger partial charge in [0, 0.05) is 12.3 Å². The first-order valence-electron chi connectivity index (χ1n) is 6.23. The summed E-state index contributed by atoms with van der Waals surface area (Å²) >= 11 is 0. The van der Waals surface area contributed by atoms with Crippen LogP contribution in [0, 0.1) is 11.3 Å². The summed E-state index contributed by atoms with van der Waals surface area (Å²) < 4.78 is 10.6. The summed E-state index contributed by atoms with van der Waals surface area (Å²) in [7, 11) is 3.21. The molecule has 2 rings (SSSR count). The largest absolute Gasteiger partial charge is 0.493 e. The van der Waals surface area contributed by atoms with E-state index in [2.05, 4.69) is 4.99 Å². The van der Waals surface area contributed by atoms with Crippen LogP contribution in [0.15, 0.2) is 47.5 Å². The molecule has 0 N–H and O–H groups in total. The quantitative estimate of drug-likeness (QED) is 0.789. The number of nitriles is 1. The third-order valence-corrected chi connectivity index (χ3v) is 3.31. The molecule has 4 heteroatoms. The first-order chi connectivity index (χ1) is 9.75. The van der Waals surface area contributed by atoms with Crippen LogP contribution in [0.4, 0.5) is 0 Å². The highest BCUT2D eigenvalue weighted by Crippen LogP contribution is 2.36. The molecule has 0 amide bonds. The van der Waals surface area contributed by atoms with Crippen LogP contribution in [0.25, 0.3) is 0 Å². The summed E-state index contributed by atoms with van der Waals surface area (Å²) in [5, 5.41) is 8.80. The predicted octanol–water partition coefficient (Wildman–Crippen LogP) is 2.66. The van der Waals surface area contributed by atoms with E-state index < -0.39 is 5.41 Å². The first kappa shape index (κ1) is 13.9. The van der Waals surface area contributed by atoms with Crippen molar-refractivity contribution < 1.29 is 9.47 Å². The summed E-state index contributed by atoms with van der Waals surface area (Å²) in [6, 6.07) is 7.79. The van der Waals surface area contributed by atoms with Gasteiger partial charge in [-0.15, -0.1) is 0 Å². The van der Waals surface area contributed by atoms with Gasteiger partial charge in [0.15, 0.2) is 11.5 Å². The Morgan fingerprint density at radius 1 is 1.30 bits per heavy atom. The van der Waals surface area contributed by atoms with Gasteiger partial charge in [0.25, 0.3) is 0 Å². The molecule has 0 bridgehead atoms. The van der Waals surface area contributed by atoms with Crippen LogP contribution in [0.2, 0.25) is 0 Å². The fourth-order valence-electron chi connectivity index (χ4n) is 2.24. The summed E-state index contributed by atoms with van der Waals surface area (Å²) in [5.74, 6) is 1.34. The molecule has 0 saturated heterocycles. The van der Waals surface area contributed by atoms with E-state index in [1.54, 1.807) is 20.4 Å². The predicted molar refractivity (Wildman–Crippen MR) is 78.5 cm³/mol. The number of rotatable bonds is 4. The number of nitrogens with zero attached hydrogens (tertiary/aromatic N) is 2. The van der Waals surface area contributed by atoms with Crippen molar-refractivity contribution in [2.45, 2.75) is 5.41 Å². The second-order valence-electron chi connectivity index (χ2n) is 4.42. The van der Waals surface area contributed by atoms with Crippen LogP contribution in [0.1, 0.15) is 5.56 Å². The number of methoxy groups -OCH3 is 2. The van der Waals surface area contributed by atoms with E-state index in [0.29, 0.717) is 18.0 Å². The van der Waals surface area contributed by atoms with Gasteiger partial charge >= 0.3 is 0 Å². The molecule has 1 aromatic carbocycles. The molecule has 0 aliphatic carbocycles. The van der Waals surface area contributed by atoms with E-state index in [1.165, 1.54) is 6.08 Å². The average Bonchev–Trinajstić information content (AvgIpc) is 2.53. The molecule has 0 radical (unpaired) electrons. The van der Waals surface area contributed by atoms with E-state index in [1.807, 2.05) is 42.5 Å². The van der Waals surface area contributed by atoms with Crippen molar-refractivity contribution in [1.82, 2.24) is 0 Å². The molecular formula is C16H16N2O2. The van der Waals surface area contributed by atoms with Crippen molar-refractivity contribution in [1.29, 1.82) is 5.26 Å². The molecule has 102 valence electrons. The molecule has 20 heavy (non-hydrogen) atoms. The first-order valence-corrected chi connectivity index (χ1v) is 6.23. The summed E-state index contributed by atoms with van der Waals surface area (Å²) in [6.07, 6.45) is 9.04. The molecule has 1 aliphatic heterocycles. The van der Waals surface area contributed by atoms with Crippen LogP contribution in [-0.2, 0) is 5.41 Å². The lowest BCUT2D eigenvalue weighted by atomic mass is 9.78. The maximum Gasteiger partial charge on any atom is 0.161 e. The highest BCUT2D eigenvalue weighted by molar-refractivity contribution is 5.73. The van der Waals surface area contributed by atoms with Gasteiger partial charge in [-0.2, -0.15) is 5.26 Å². The number of aliphatic imine (C=N–C) groups is 1. The standard InChI is InChI=1S/C16H16N2O2/c1-19-14-6-5-13(11-15(14)20-2)16(7-3-9-17)8-4-10-18-12-16/h3-8,10-11H,12H2,1-2H3/b7-3-. The molecule has 1 unspecified atom stereocenters. The van der Waals surface area contributed by atoms with Gasteiger partial charge in [0.05, 0.1) is 32.2 Å². The average molecular weight is 268 g/mol. The highest BCUT2D eigenvalue weighted by Gasteiger charge is 2.28. The van der Waals surface area contributed by atoms with Crippen molar-refractivity contribution >= 4 is 6.21 Å². The molecule has 0 fully saturated rings. The van der Waals surface area contributed by atoms with Gasteiger partial charge in [0.1, 0.15) is 0 Å². The Morgan fingerprint density at radius 3 is 2.70 bits per heavy atom. The molecule has 1 aromatic rings. The Labute approximate surface area is 118 Å². The Balaban J connectivity index is 2.50. The lowest BCUT2D eigenvalue weighted by molar-refractivity contribution is 0.354. The second kappa shape index (κ2) is 6.07. The van der Waals surface area contributed by atoms with Crippen LogP contribution >= 0.6 is 0 Å². The minimum atomic E-state index is -0.413. The van der Waals surface area contributed by atoms with Crippen molar-refractivity contribution in [3.63, 3.8) is 0 Å². The van der Waals surface area contributed by atoms with Crippen LogP contribution in [-0.4, -0.2) is 27.0 Å². The second-order valence-corrected chi connectivity index (χ2v) is 4.42. The van der Waals surface area contributed by atoms with Gasteiger partial charge in [-0.1, -0.05) is 18.2 Å². The third kappa shape index (κ3) is 2.57. The van der Waals surface area contributed by atoms with E-state index in [0.717, 1.165) is 5.56 Å². The Hall–Kier alpha value is -2.54. The molecule has 0 aromatic heterocycles. The zero-order valence-electron chi connectivity index (χ0n) is 11.5. The number of dihydropyridines is 1. The van der Waals surface area contributed by atoms with Gasteiger partial charge < -0.3 is 9.47 Å². The Morgan fingerprint density at radius 2 is 2.10 bits per heavy atom. The van der Waals surface area contributed by atoms with Gasteiger partial charge in [-0.05, 0) is 23.8 Å². The number of allylic oxidation sites excluding steroid dienone is 2. The molecule has 4 nitrogen and oxygen atoms in total. The minimum absolute atomic E-state index is 0.413. The number of hydrogen-bond donors (Lipinski definition) is 0. The molecule has 1 atom stereocenters. The van der Waals surface area contributed by atoms with Gasteiger partial charge in [-0.25, -0.2) is 0 Å². The fourth-order valence-corrected chi connectivity index (χ4v) is 2.24. The number of hydrogen-bond acceptors (Lipinski definition) is 4. The summed E-state index contributed by atoms with van der Waals surface area (Å²) in [5.41, 5.74) is 0.596. The lowest BCUT2D eigenvalue weighted by Gasteiger charge is -2.28. The van der Waals surface area contributed by atoms with E-state index in [4.69, 9.17) is 14.7 Å². The third-order valence-electron chi connectivity index (χ3n) is 3.31. The SMILES string of the molecule is COc1ccc(C2(/C=C\C#N)C=CC=NC2)cc1OC. The smallest absolute Gasteiger partial charge is 0.161 e. The monoisotopic (exact) mass is 268 g/mol. The summed E-state index contributed by atoms with van der Waals surface area (Å²) in [4.78, 5) is 4.31. The molecule has 0 saturated carbocycles. The van der Waals surface area contributed by atoms with Crippen LogP contribution < -0.4 is 9.47 Å². The van der Waals surface area contributed by atoms with Crippen molar-refractivity contribution in [2.24, 2.45) is 4.99 Å². The topological polar surface area (TPSA) is 54.6 Å². The normalized spacial score (nSPS) is 20.9. The van der Waals surface area contributed by atoms with E-state index >= 15 is 0 Å². The Bertz CT molecular complexity index is 611. The minimum Gasteiger partial charge on any atom is -0.493 e. The Kier molecular flexibility index (Phi) is 4.21. The van der Waals surface area contributed by atoms with Crippen molar-refractivity contribution in [2.75, 3.05) is 20.8 Å². The lowest BCUT2D eigenvalue weighted by Crippen LogP contribution is -2.26. The van der Waals surface area contributed by atoms with Crippen LogP contribution in [0.5, 0.6) is 11.5 Å². The van der Waals surface area contributed by atoms with E-state index in [-0.39, 0.29) is 0 Å². The van der Waals surface area contributed by atoms with Crippen LogP contribution in [0.3, 0.4) is 0 Å². The highest BCUT2D eigenvalue weighted by atomic mass is 16.5. The zero-order valence-corrected chi connectivity index (χ0v) is 11.5.